The van der Waals surface area contributed by atoms with Gasteiger partial charge in [-0.2, -0.15) is 0 Å². The van der Waals surface area contributed by atoms with Crippen molar-refractivity contribution < 1.29 is 9.21 Å². The van der Waals surface area contributed by atoms with Crippen LogP contribution in [0, 0.1) is 6.92 Å². The van der Waals surface area contributed by atoms with Gasteiger partial charge in [0.25, 0.3) is 5.56 Å². The van der Waals surface area contributed by atoms with E-state index < -0.39 is 0 Å². The van der Waals surface area contributed by atoms with Gasteiger partial charge in [-0.05, 0) is 26.0 Å². The molecule has 1 amide bonds. The molecule has 0 bridgehead atoms. The van der Waals surface area contributed by atoms with Crippen molar-refractivity contribution in [1.29, 1.82) is 0 Å². The fraction of sp³-hybridized carbons (Fsp3) is 0.250. The molecule has 0 saturated carbocycles. The predicted molar refractivity (Wildman–Crippen MR) is 98.6 cm³/mol. The van der Waals surface area contributed by atoms with Crippen molar-refractivity contribution in [2.24, 2.45) is 0 Å². The van der Waals surface area contributed by atoms with Crippen LogP contribution in [0.5, 0.6) is 0 Å². The van der Waals surface area contributed by atoms with E-state index in [2.05, 4.69) is 4.98 Å². The predicted octanol–water partition coefficient (Wildman–Crippen LogP) is 3.03. The van der Waals surface area contributed by atoms with Gasteiger partial charge in [0.05, 0.1) is 12.3 Å². The molecule has 2 heterocycles. The van der Waals surface area contributed by atoms with Crippen molar-refractivity contribution in [3.8, 4) is 11.4 Å². The van der Waals surface area contributed by atoms with Gasteiger partial charge in [-0.15, -0.1) is 0 Å². The van der Waals surface area contributed by atoms with Gasteiger partial charge in [-0.25, -0.2) is 4.98 Å². The molecule has 0 N–H and O–H groups in total. The maximum atomic E-state index is 12.7. The Labute approximate surface area is 151 Å². The fourth-order valence-electron chi connectivity index (χ4n) is 2.70. The number of hydrogen-bond acceptors (Lipinski definition) is 4. The van der Waals surface area contributed by atoms with Gasteiger partial charge < -0.3 is 9.32 Å². The second-order valence-electron chi connectivity index (χ2n) is 6.25. The molecule has 0 saturated heterocycles. The summed E-state index contributed by atoms with van der Waals surface area (Å²) in [6.45, 7) is 3.78. The Morgan fingerprint density at radius 3 is 2.62 bits per heavy atom. The lowest BCUT2D eigenvalue weighted by molar-refractivity contribution is -0.132. The average Bonchev–Trinajstić information content (AvgIpc) is 3.17. The molecule has 3 aromatic rings. The van der Waals surface area contributed by atoms with Gasteiger partial charge in [0.1, 0.15) is 18.1 Å². The van der Waals surface area contributed by atoms with Crippen molar-refractivity contribution in [3.05, 3.63) is 76.6 Å². The lowest BCUT2D eigenvalue weighted by Crippen LogP contribution is -2.36. The third kappa shape index (κ3) is 3.59. The van der Waals surface area contributed by atoms with E-state index in [4.69, 9.17) is 4.42 Å². The topological polar surface area (TPSA) is 68.3 Å². The Kier molecular flexibility index (Phi) is 5.02. The molecule has 3 rings (SSSR count). The molecule has 6 heteroatoms. The standard InChI is InChI=1S/C20H21N3O3/c1-14-6-8-16(9-7-14)20-21-11-10-18(24)23(20)13-19(25)22(3)15(2)17-5-4-12-26-17/h4-12,15H,13H2,1-3H3. The van der Waals surface area contributed by atoms with Gasteiger partial charge in [-0.3, -0.25) is 14.2 Å². The SMILES string of the molecule is Cc1ccc(-c2nccc(=O)n2CC(=O)N(C)C(C)c2ccco2)cc1. The van der Waals surface area contributed by atoms with E-state index in [0.717, 1.165) is 11.1 Å². The summed E-state index contributed by atoms with van der Waals surface area (Å²) >= 11 is 0. The molecule has 0 radical (unpaired) electrons. The molecule has 0 aliphatic rings. The highest BCUT2D eigenvalue weighted by Gasteiger charge is 2.21. The van der Waals surface area contributed by atoms with Crippen LogP contribution < -0.4 is 5.56 Å². The van der Waals surface area contributed by atoms with Crippen LogP contribution in [0.2, 0.25) is 0 Å². The summed E-state index contributed by atoms with van der Waals surface area (Å²) in [5, 5.41) is 0. The lowest BCUT2D eigenvalue weighted by atomic mass is 10.1. The molecule has 26 heavy (non-hydrogen) atoms. The molecule has 0 fully saturated rings. The molecule has 2 aromatic heterocycles. The van der Waals surface area contributed by atoms with E-state index in [1.807, 2.05) is 44.2 Å². The molecule has 0 spiro atoms. The number of amides is 1. The largest absolute Gasteiger partial charge is 0.467 e. The van der Waals surface area contributed by atoms with E-state index in [-0.39, 0.29) is 24.1 Å². The number of rotatable bonds is 5. The molecule has 1 atom stereocenters. The molecule has 0 aliphatic heterocycles. The molecule has 0 aliphatic carbocycles. The van der Waals surface area contributed by atoms with Crippen LogP contribution in [0.4, 0.5) is 0 Å². The van der Waals surface area contributed by atoms with Crippen molar-refractivity contribution in [1.82, 2.24) is 14.5 Å². The van der Waals surface area contributed by atoms with Crippen molar-refractivity contribution in [2.45, 2.75) is 26.4 Å². The van der Waals surface area contributed by atoms with Gasteiger partial charge in [0.2, 0.25) is 5.91 Å². The molecule has 134 valence electrons. The monoisotopic (exact) mass is 351 g/mol. The maximum absolute atomic E-state index is 12.7. The molecular weight excluding hydrogens is 330 g/mol. The van der Waals surface area contributed by atoms with Gasteiger partial charge >= 0.3 is 0 Å². The summed E-state index contributed by atoms with van der Waals surface area (Å²) in [5.74, 6) is 0.973. The van der Waals surface area contributed by atoms with E-state index >= 15 is 0 Å². The van der Waals surface area contributed by atoms with E-state index in [1.54, 1.807) is 24.3 Å². The van der Waals surface area contributed by atoms with Crippen LogP contribution in [0.15, 0.2) is 64.1 Å². The Morgan fingerprint density at radius 2 is 1.96 bits per heavy atom. The van der Waals surface area contributed by atoms with Crippen molar-refractivity contribution in [3.63, 3.8) is 0 Å². The first-order chi connectivity index (χ1) is 12.5. The number of likely N-dealkylation sites (N-methyl/N-ethyl adjacent to an activating group) is 1. The number of nitrogens with zero attached hydrogens (tertiary/aromatic N) is 3. The van der Waals surface area contributed by atoms with E-state index in [1.165, 1.54) is 16.8 Å². The maximum Gasteiger partial charge on any atom is 0.254 e. The number of carbonyl (C=O) groups excluding carboxylic acids is 1. The molecule has 1 aromatic carbocycles. The Bertz CT molecular complexity index is 943. The normalized spacial score (nSPS) is 12.0. The highest BCUT2D eigenvalue weighted by molar-refractivity contribution is 5.76. The van der Waals surface area contributed by atoms with Crippen LogP contribution in [-0.2, 0) is 11.3 Å². The number of furan rings is 1. The van der Waals surface area contributed by atoms with Crippen molar-refractivity contribution in [2.75, 3.05) is 7.05 Å². The minimum absolute atomic E-state index is 0.0859. The molecular formula is C20H21N3O3. The quantitative estimate of drug-likeness (QED) is 0.708. The summed E-state index contributed by atoms with van der Waals surface area (Å²) in [4.78, 5) is 31.0. The van der Waals surface area contributed by atoms with Crippen LogP contribution in [0.25, 0.3) is 11.4 Å². The Balaban J connectivity index is 1.88. The zero-order valence-corrected chi connectivity index (χ0v) is 15.0. The number of aryl methyl sites for hydroxylation is 1. The summed E-state index contributed by atoms with van der Waals surface area (Å²) < 4.78 is 6.77. The third-order valence-corrected chi connectivity index (χ3v) is 4.47. The summed E-state index contributed by atoms with van der Waals surface area (Å²) in [5.41, 5.74) is 1.65. The first-order valence-corrected chi connectivity index (χ1v) is 8.39. The van der Waals surface area contributed by atoms with E-state index in [0.29, 0.717) is 11.6 Å². The second-order valence-corrected chi connectivity index (χ2v) is 6.25. The minimum atomic E-state index is -0.261. The lowest BCUT2D eigenvalue weighted by Gasteiger charge is -2.24. The smallest absolute Gasteiger partial charge is 0.254 e. The molecule has 6 nitrogen and oxygen atoms in total. The first-order valence-electron chi connectivity index (χ1n) is 8.39. The zero-order valence-electron chi connectivity index (χ0n) is 15.0. The third-order valence-electron chi connectivity index (χ3n) is 4.47. The molecule has 1 unspecified atom stereocenters. The number of benzene rings is 1. The Hall–Kier alpha value is -3.15. The Morgan fingerprint density at radius 1 is 1.23 bits per heavy atom. The fourth-order valence-corrected chi connectivity index (χ4v) is 2.70. The van der Waals surface area contributed by atoms with Gasteiger partial charge in [-0.1, -0.05) is 29.8 Å². The number of aromatic nitrogens is 2. The van der Waals surface area contributed by atoms with Crippen LogP contribution >= 0.6 is 0 Å². The van der Waals surface area contributed by atoms with Crippen LogP contribution in [0.1, 0.15) is 24.3 Å². The minimum Gasteiger partial charge on any atom is -0.467 e. The first kappa shape index (κ1) is 17.7. The summed E-state index contributed by atoms with van der Waals surface area (Å²) in [6, 6.07) is 12.4. The number of carbonyl (C=O) groups is 1. The van der Waals surface area contributed by atoms with E-state index in [9.17, 15) is 9.59 Å². The van der Waals surface area contributed by atoms with Gasteiger partial charge in [0, 0.05) is 24.9 Å². The summed E-state index contributed by atoms with van der Waals surface area (Å²) in [7, 11) is 1.70. The number of hydrogen-bond donors (Lipinski definition) is 0. The van der Waals surface area contributed by atoms with Crippen LogP contribution in [-0.4, -0.2) is 27.4 Å². The average molecular weight is 351 g/mol. The van der Waals surface area contributed by atoms with Crippen LogP contribution in [0.3, 0.4) is 0 Å². The zero-order chi connectivity index (χ0) is 18.7. The van der Waals surface area contributed by atoms with Gasteiger partial charge in [0.15, 0.2) is 0 Å². The second kappa shape index (κ2) is 7.39. The highest BCUT2D eigenvalue weighted by Crippen LogP contribution is 2.20. The highest BCUT2D eigenvalue weighted by atomic mass is 16.3. The summed E-state index contributed by atoms with van der Waals surface area (Å²) in [6.07, 6.45) is 3.04. The van der Waals surface area contributed by atoms with Crippen molar-refractivity contribution >= 4 is 5.91 Å².